The zero-order valence-corrected chi connectivity index (χ0v) is 18.8. The fourth-order valence-corrected chi connectivity index (χ4v) is 3.69. The van der Waals surface area contributed by atoms with Crippen LogP contribution in [0.25, 0.3) is 0 Å². The van der Waals surface area contributed by atoms with Crippen LogP contribution in [0.3, 0.4) is 0 Å². The monoisotopic (exact) mass is 438 g/mol. The highest BCUT2D eigenvalue weighted by Gasteiger charge is 2.26. The number of hydrogen-bond donors (Lipinski definition) is 1. The Bertz CT molecular complexity index is 734. The number of benzene rings is 1. The molecule has 1 atom stereocenters. The van der Waals surface area contributed by atoms with E-state index in [1.165, 1.54) is 5.56 Å². The first-order valence-corrected chi connectivity index (χ1v) is 9.85. The van der Waals surface area contributed by atoms with Gasteiger partial charge in [-0.05, 0) is 50.3 Å². The van der Waals surface area contributed by atoms with E-state index in [1.807, 2.05) is 61.3 Å². The first-order valence-electron chi connectivity index (χ1n) is 9.85. The van der Waals surface area contributed by atoms with E-state index in [-0.39, 0.29) is 30.7 Å². The number of piperidine rings is 1. The molecule has 5 nitrogen and oxygen atoms in total. The average Bonchev–Trinajstić information content (AvgIpc) is 2.72. The molecule has 1 fully saturated rings. The van der Waals surface area contributed by atoms with Gasteiger partial charge in [-0.25, -0.2) is 4.98 Å². The Hall–Kier alpha value is -1.82. The number of hydrogen-bond acceptors (Lipinski definition) is 4. The predicted octanol–water partition coefficient (Wildman–Crippen LogP) is 4.00. The molecule has 0 spiro atoms. The largest absolute Gasteiger partial charge is 0.357 e. The summed E-state index contributed by atoms with van der Waals surface area (Å²) in [5, 5.41) is 0. The van der Waals surface area contributed by atoms with Crippen molar-refractivity contribution in [3.63, 3.8) is 0 Å². The van der Waals surface area contributed by atoms with Crippen LogP contribution in [0.2, 0.25) is 0 Å². The second kappa shape index (κ2) is 12.0. The van der Waals surface area contributed by atoms with Gasteiger partial charge < -0.3 is 15.5 Å². The minimum Gasteiger partial charge on any atom is -0.357 e. The molecule has 0 aliphatic carbocycles. The van der Waals surface area contributed by atoms with E-state index >= 15 is 0 Å². The lowest BCUT2D eigenvalue weighted by atomic mass is 9.95. The molecular weight excluding hydrogens is 407 g/mol. The number of carbonyl (C=O) groups excluding carboxylic acids is 1. The van der Waals surface area contributed by atoms with Crippen molar-refractivity contribution in [2.24, 2.45) is 11.7 Å². The summed E-state index contributed by atoms with van der Waals surface area (Å²) in [5.74, 6) is 1.58. The first-order chi connectivity index (χ1) is 13.1. The van der Waals surface area contributed by atoms with Crippen LogP contribution < -0.4 is 10.6 Å². The summed E-state index contributed by atoms with van der Waals surface area (Å²) in [5.41, 5.74) is 8.32. The van der Waals surface area contributed by atoms with Gasteiger partial charge in [0, 0.05) is 32.4 Å². The molecule has 1 aromatic carbocycles. The van der Waals surface area contributed by atoms with Gasteiger partial charge in [-0.15, -0.1) is 24.8 Å². The molecule has 7 heteroatoms. The molecule has 2 heterocycles. The number of anilines is 1. The van der Waals surface area contributed by atoms with Crippen LogP contribution in [0.5, 0.6) is 0 Å². The van der Waals surface area contributed by atoms with Gasteiger partial charge in [-0.2, -0.15) is 0 Å². The number of halogens is 2. The predicted molar refractivity (Wildman–Crippen MR) is 124 cm³/mol. The Morgan fingerprint density at radius 2 is 1.83 bits per heavy atom. The lowest BCUT2D eigenvalue weighted by Gasteiger charge is -2.35. The van der Waals surface area contributed by atoms with Crippen LogP contribution in [0.4, 0.5) is 5.82 Å². The van der Waals surface area contributed by atoms with E-state index < -0.39 is 6.04 Å². The molecule has 0 radical (unpaired) electrons. The molecule has 0 bridgehead atoms. The van der Waals surface area contributed by atoms with Gasteiger partial charge in [0.1, 0.15) is 11.9 Å². The van der Waals surface area contributed by atoms with Crippen molar-refractivity contribution >= 4 is 36.5 Å². The van der Waals surface area contributed by atoms with Gasteiger partial charge in [0.2, 0.25) is 5.91 Å². The van der Waals surface area contributed by atoms with E-state index in [2.05, 4.69) is 16.0 Å². The van der Waals surface area contributed by atoms with Crippen LogP contribution in [0.15, 0.2) is 48.7 Å². The first kappa shape index (κ1) is 25.2. The normalized spacial score (nSPS) is 15.1. The molecule has 2 N–H and O–H groups in total. The third-order valence-corrected chi connectivity index (χ3v) is 5.46. The minimum atomic E-state index is -0.584. The lowest BCUT2D eigenvalue weighted by Crippen LogP contribution is -2.44. The van der Waals surface area contributed by atoms with E-state index in [4.69, 9.17) is 5.73 Å². The molecular formula is C22H32Cl2N4O. The van der Waals surface area contributed by atoms with E-state index in [9.17, 15) is 4.79 Å². The highest BCUT2D eigenvalue weighted by atomic mass is 35.5. The number of aryl methyl sites for hydroxylation is 1. The Labute approximate surface area is 186 Å². The molecule has 3 rings (SSSR count). The number of nitrogens with zero attached hydrogens (tertiary/aromatic N) is 3. The average molecular weight is 439 g/mol. The Morgan fingerprint density at radius 3 is 2.38 bits per heavy atom. The van der Waals surface area contributed by atoms with E-state index in [0.29, 0.717) is 12.5 Å². The van der Waals surface area contributed by atoms with Crippen LogP contribution in [0.1, 0.15) is 36.9 Å². The van der Waals surface area contributed by atoms with Crippen molar-refractivity contribution in [2.45, 2.75) is 32.7 Å². The molecule has 1 aliphatic heterocycles. The SMILES string of the molecule is CCN(CC1CCN(c2ccccn2)CC1)C(=O)C(N)c1ccc(C)cc1.Cl.Cl. The van der Waals surface area contributed by atoms with Crippen molar-refractivity contribution < 1.29 is 4.79 Å². The van der Waals surface area contributed by atoms with E-state index in [0.717, 1.165) is 43.9 Å². The van der Waals surface area contributed by atoms with Crippen molar-refractivity contribution in [1.29, 1.82) is 0 Å². The zero-order valence-electron chi connectivity index (χ0n) is 17.2. The minimum absolute atomic E-state index is 0. The standard InChI is InChI=1S/C22H30N4O.2ClH/c1-3-25(22(27)21(23)19-9-7-17(2)8-10-19)16-18-11-14-26(15-12-18)20-6-4-5-13-24-20;;/h4-10,13,18,21H,3,11-12,14-16,23H2,1-2H3;2*1H. The van der Waals surface area contributed by atoms with Gasteiger partial charge in [-0.1, -0.05) is 35.9 Å². The van der Waals surface area contributed by atoms with Crippen LogP contribution >= 0.6 is 24.8 Å². The third kappa shape index (κ3) is 6.59. The maximum Gasteiger partial charge on any atom is 0.244 e. The van der Waals surface area contributed by atoms with Gasteiger partial charge >= 0.3 is 0 Å². The van der Waals surface area contributed by atoms with Crippen LogP contribution in [-0.4, -0.2) is 42.0 Å². The van der Waals surface area contributed by atoms with Crippen molar-refractivity contribution in [2.75, 3.05) is 31.1 Å². The highest BCUT2D eigenvalue weighted by Crippen LogP contribution is 2.23. The molecule has 2 aromatic rings. The zero-order chi connectivity index (χ0) is 19.2. The van der Waals surface area contributed by atoms with Crippen LogP contribution in [-0.2, 0) is 4.79 Å². The summed E-state index contributed by atoms with van der Waals surface area (Å²) in [4.78, 5) is 21.6. The number of carbonyl (C=O) groups is 1. The summed E-state index contributed by atoms with van der Waals surface area (Å²) < 4.78 is 0. The van der Waals surface area contributed by atoms with E-state index in [1.54, 1.807) is 0 Å². The van der Waals surface area contributed by atoms with Gasteiger partial charge in [0.05, 0.1) is 0 Å². The van der Waals surface area contributed by atoms with Crippen molar-refractivity contribution in [3.8, 4) is 0 Å². The van der Waals surface area contributed by atoms with Gasteiger partial charge in [-0.3, -0.25) is 4.79 Å². The molecule has 1 saturated heterocycles. The Balaban J connectivity index is 0.00000210. The fraction of sp³-hybridized carbons (Fsp3) is 0.455. The quantitative estimate of drug-likeness (QED) is 0.739. The molecule has 1 aliphatic rings. The maximum atomic E-state index is 12.9. The summed E-state index contributed by atoms with van der Waals surface area (Å²) in [6.07, 6.45) is 3.98. The number of nitrogens with two attached hydrogens (primary N) is 1. The molecule has 0 saturated carbocycles. The number of amides is 1. The fourth-order valence-electron chi connectivity index (χ4n) is 3.69. The Kier molecular flexibility index (Phi) is 10.4. The van der Waals surface area contributed by atoms with Gasteiger partial charge in [0.25, 0.3) is 0 Å². The smallest absolute Gasteiger partial charge is 0.244 e. The topological polar surface area (TPSA) is 62.5 Å². The summed E-state index contributed by atoms with van der Waals surface area (Å²) >= 11 is 0. The molecule has 1 unspecified atom stereocenters. The Morgan fingerprint density at radius 1 is 1.17 bits per heavy atom. The second-order valence-corrected chi connectivity index (χ2v) is 7.38. The number of pyridine rings is 1. The lowest BCUT2D eigenvalue weighted by molar-refractivity contribution is -0.133. The molecule has 160 valence electrons. The summed E-state index contributed by atoms with van der Waals surface area (Å²) in [6.45, 7) is 7.51. The van der Waals surface area contributed by atoms with Crippen molar-refractivity contribution in [3.05, 3.63) is 59.8 Å². The molecule has 1 amide bonds. The maximum absolute atomic E-state index is 12.9. The summed E-state index contributed by atoms with van der Waals surface area (Å²) in [7, 11) is 0. The van der Waals surface area contributed by atoms with Gasteiger partial charge in [0.15, 0.2) is 0 Å². The number of likely N-dealkylation sites (N-methyl/N-ethyl adjacent to an activating group) is 1. The molecule has 29 heavy (non-hydrogen) atoms. The number of aromatic nitrogens is 1. The van der Waals surface area contributed by atoms with Crippen LogP contribution in [0, 0.1) is 12.8 Å². The molecule has 1 aromatic heterocycles. The second-order valence-electron chi connectivity index (χ2n) is 7.38. The highest BCUT2D eigenvalue weighted by molar-refractivity contribution is 5.85. The summed E-state index contributed by atoms with van der Waals surface area (Å²) in [6, 6.07) is 13.4. The number of rotatable bonds is 6. The third-order valence-electron chi connectivity index (χ3n) is 5.46. The van der Waals surface area contributed by atoms with Crippen molar-refractivity contribution in [1.82, 2.24) is 9.88 Å².